The van der Waals surface area contributed by atoms with Crippen LogP contribution in [-0.2, 0) is 9.59 Å². The minimum atomic E-state index is -2.44. The van der Waals surface area contributed by atoms with Crippen molar-refractivity contribution in [2.24, 2.45) is 0 Å². The number of carbonyl (C=O) groups is 2. The zero-order chi connectivity index (χ0) is 8.31. The van der Waals surface area contributed by atoms with E-state index in [1.165, 1.54) is 0 Å². The maximum Gasteiger partial charge on any atom is 2.00 e. The summed E-state index contributed by atoms with van der Waals surface area (Å²) in [4.78, 5) is 19.3. The first-order chi connectivity index (χ1) is 4.46. The molecule has 0 aromatic carbocycles. The van der Waals surface area contributed by atoms with Crippen LogP contribution in [0.4, 0.5) is 0 Å². The molecular weight excluding hydrogens is 351 g/mol. The molecule has 0 aliphatic heterocycles. The van der Waals surface area contributed by atoms with Crippen LogP contribution in [0.2, 0.25) is 0 Å². The molecule has 0 spiro atoms. The second-order valence-electron chi connectivity index (χ2n) is 1.53. The zero-order valence-corrected chi connectivity index (χ0v) is 9.07. The quantitative estimate of drug-likeness (QED) is 0.489. The van der Waals surface area contributed by atoms with Gasteiger partial charge in [-0.15, -0.1) is 0 Å². The average molecular weight is 355 g/mol. The molecule has 0 aliphatic rings. The van der Waals surface area contributed by atoms with Crippen LogP contribution in [0.3, 0.4) is 0 Å². The second kappa shape index (κ2) is 5.43. The number of rotatable bonds is 3. The SMILES string of the molecule is O=C([O-])[C@H](O)[C@@H](O)C(=O)[O-].[Pb+2]. The molecule has 0 rings (SSSR count). The average Bonchev–Trinajstić information content (AvgIpc) is 1.84. The summed E-state index contributed by atoms with van der Waals surface area (Å²) in [7, 11) is 0. The van der Waals surface area contributed by atoms with Gasteiger partial charge in [0.15, 0.2) is 0 Å². The third kappa shape index (κ3) is 4.27. The molecule has 0 bridgehead atoms. The van der Waals surface area contributed by atoms with E-state index in [9.17, 15) is 19.8 Å². The smallest absolute Gasteiger partial charge is 0.547 e. The molecule has 2 atom stereocenters. The number of carboxylic acid groups (broad SMARTS) is 2. The molecular formula is C4H4O6Pb. The van der Waals surface area contributed by atoms with Gasteiger partial charge in [-0.2, -0.15) is 0 Å². The van der Waals surface area contributed by atoms with Crippen molar-refractivity contribution in [1.29, 1.82) is 0 Å². The Morgan fingerprint density at radius 1 is 1.00 bits per heavy atom. The molecule has 11 heavy (non-hydrogen) atoms. The van der Waals surface area contributed by atoms with Crippen molar-refractivity contribution in [3.63, 3.8) is 0 Å². The number of hydrogen-bond donors (Lipinski definition) is 2. The summed E-state index contributed by atoms with van der Waals surface area (Å²) in [5, 5.41) is 35.7. The Morgan fingerprint density at radius 3 is 1.27 bits per heavy atom. The molecule has 0 aliphatic carbocycles. The fourth-order valence-corrected chi connectivity index (χ4v) is 0.258. The Labute approximate surface area is 81.6 Å². The first kappa shape index (κ1) is 13.4. The number of carboxylic acids is 2. The fourth-order valence-electron chi connectivity index (χ4n) is 0.258. The molecule has 0 saturated carbocycles. The van der Waals surface area contributed by atoms with Gasteiger partial charge in [0.25, 0.3) is 0 Å². The molecule has 0 heterocycles. The van der Waals surface area contributed by atoms with Gasteiger partial charge in [-0.3, -0.25) is 0 Å². The van der Waals surface area contributed by atoms with Gasteiger partial charge in [-0.25, -0.2) is 0 Å². The van der Waals surface area contributed by atoms with E-state index in [4.69, 9.17) is 10.2 Å². The van der Waals surface area contributed by atoms with Gasteiger partial charge in [-0.1, -0.05) is 0 Å². The van der Waals surface area contributed by atoms with Crippen LogP contribution in [0.25, 0.3) is 0 Å². The predicted molar refractivity (Wildman–Crippen MR) is 27.8 cm³/mol. The Hall–Kier alpha value is -0.218. The van der Waals surface area contributed by atoms with Gasteiger partial charge in [0.05, 0.1) is 11.9 Å². The van der Waals surface area contributed by atoms with Crippen LogP contribution in [-0.4, -0.2) is 61.7 Å². The van der Waals surface area contributed by atoms with Crippen molar-refractivity contribution in [1.82, 2.24) is 0 Å². The first-order valence-corrected chi connectivity index (χ1v) is 2.24. The molecule has 60 valence electrons. The zero-order valence-electron chi connectivity index (χ0n) is 5.18. The number of aliphatic carboxylic acids is 2. The molecule has 0 unspecified atom stereocenters. The molecule has 0 aromatic rings. The molecule has 6 nitrogen and oxygen atoms in total. The molecule has 2 N–H and O–H groups in total. The topological polar surface area (TPSA) is 121 Å². The number of aliphatic hydroxyl groups is 2. The van der Waals surface area contributed by atoms with E-state index >= 15 is 0 Å². The van der Waals surface area contributed by atoms with E-state index in [1.807, 2.05) is 0 Å². The summed E-state index contributed by atoms with van der Waals surface area (Å²) in [6.07, 6.45) is -4.88. The minimum Gasteiger partial charge on any atom is -0.547 e. The van der Waals surface area contributed by atoms with Crippen molar-refractivity contribution in [2.45, 2.75) is 12.2 Å². The third-order valence-corrected chi connectivity index (χ3v) is 0.782. The number of carbonyl (C=O) groups excluding carboxylic acids is 2. The predicted octanol–water partition coefficient (Wildman–Crippen LogP) is -5.17. The largest absolute Gasteiger partial charge is 2.00 e. The van der Waals surface area contributed by atoms with Crippen LogP contribution in [0.5, 0.6) is 0 Å². The summed E-state index contributed by atoms with van der Waals surface area (Å²) in [6, 6.07) is 0. The monoisotopic (exact) mass is 356 g/mol. The first-order valence-electron chi connectivity index (χ1n) is 2.24. The van der Waals surface area contributed by atoms with Gasteiger partial charge in [-0.05, 0) is 0 Å². The van der Waals surface area contributed by atoms with Gasteiger partial charge in [0.2, 0.25) is 0 Å². The normalized spacial score (nSPS) is 14.4. The molecule has 2 radical (unpaired) electrons. The molecule has 0 aromatic heterocycles. The van der Waals surface area contributed by atoms with Gasteiger partial charge in [0.1, 0.15) is 12.2 Å². The molecule has 0 amide bonds. The Kier molecular flexibility index (Phi) is 6.61. The standard InChI is InChI=1S/C4H6O6.Pb/c5-1(3(7)8)2(6)4(9)10;/h1-2,5-6H,(H,7,8)(H,9,10);/q;+2/p-2/t1-,2-;/m1./s1. The van der Waals surface area contributed by atoms with Crippen molar-refractivity contribution in [3.05, 3.63) is 0 Å². The summed E-state index contributed by atoms with van der Waals surface area (Å²) in [5.41, 5.74) is 0. The van der Waals surface area contributed by atoms with E-state index in [-0.39, 0.29) is 27.3 Å². The van der Waals surface area contributed by atoms with Crippen molar-refractivity contribution >= 4 is 39.2 Å². The van der Waals surface area contributed by atoms with Crippen LogP contribution in [0.15, 0.2) is 0 Å². The Morgan fingerprint density at radius 2 is 1.18 bits per heavy atom. The van der Waals surface area contributed by atoms with E-state index in [0.717, 1.165) is 0 Å². The van der Waals surface area contributed by atoms with Crippen molar-refractivity contribution in [3.8, 4) is 0 Å². The minimum absolute atomic E-state index is 0. The summed E-state index contributed by atoms with van der Waals surface area (Å²) < 4.78 is 0. The van der Waals surface area contributed by atoms with Gasteiger partial charge in [0, 0.05) is 0 Å². The van der Waals surface area contributed by atoms with Crippen LogP contribution in [0.1, 0.15) is 0 Å². The number of aliphatic hydroxyl groups excluding tert-OH is 2. The Bertz CT molecular complexity index is 139. The van der Waals surface area contributed by atoms with Crippen LogP contribution in [0, 0.1) is 0 Å². The van der Waals surface area contributed by atoms with Gasteiger partial charge < -0.3 is 30.0 Å². The molecule has 0 saturated heterocycles. The van der Waals surface area contributed by atoms with E-state index in [1.54, 1.807) is 0 Å². The van der Waals surface area contributed by atoms with Crippen LogP contribution >= 0.6 is 0 Å². The molecule has 7 heteroatoms. The maximum absolute atomic E-state index is 9.63. The van der Waals surface area contributed by atoms with Crippen molar-refractivity contribution < 1.29 is 30.0 Å². The maximum atomic E-state index is 9.63. The van der Waals surface area contributed by atoms with E-state index < -0.39 is 24.1 Å². The van der Waals surface area contributed by atoms with Gasteiger partial charge >= 0.3 is 27.3 Å². The second-order valence-corrected chi connectivity index (χ2v) is 1.53. The van der Waals surface area contributed by atoms with E-state index in [0.29, 0.717) is 0 Å². The summed E-state index contributed by atoms with van der Waals surface area (Å²) >= 11 is 0. The van der Waals surface area contributed by atoms with Crippen molar-refractivity contribution in [2.75, 3.05) is 0 Å². The van der Waals surface area contributed by atoms with E-state index in [2.05, 4.69) is 0 Å². The number of hydrogen-bond acceptors (Lipinski definition) is 6. The molecule has 0 fully saturated rings. The third-order valence-electron chi connectivity index (χ3n) is 0.782. The summed E-state index contributed by atoms with van der Waals surface area (Å²) in [6.45, 7) is 0. The fraction of sp³-hybridized carbons (Fsp3) is 0.500. The Balaban J connectivity index is 0. The summed E-state index contributed by atoms with van der Waals surface area (Å²) in [5.74, 6) is -4.12. The van der Waals surface area contributed by atoms with Crippen LogP contribution < -0.4 is 10.2 Å².